The minimum atomic E-state index is -0.859. The number of anilines is 1. The normalized spacial score (nSPS) is 14.9. The van der Waals surface area contributed by atoms with E-state index in [4.69, 9.17) is 9.47 Å². The van der Waals surface area contributed by atoms with Crippen LogP contribution in [-0.2, 0) is 16.2 Å². The van der Waals surface area contributed by atoms with Gasteiger partial charge in [-0.05, 0) is 54.6 Å². The molecule has 1 heterocycles. The summed E-state index contributed by atoms with van der Waals surface area (Å²) in [6.07, 6.45) is 1.34. The Bertz CT molecular complexity index is 1310. The van der Waals surface area contributed by atoms with Crippen LogP contribution in [0.25, 0.3) is 6.08 Å². The van der Waals surface area contributed by atoms with Crippen LogP contribution in [0.4, 0.5) is 14.9 Å². The van der Waals surface area contributed by atoms with Gasteiger partial charge in [-0.1, -0.05) is 34.1 Å². The van der Waals surface area contributed by atoms with Gasteiger partial charge >= 0.3 is 6.03 Å². The standard InChI is InChI=1S/C25H18BrFN2O5/c1-33-19-9-7-18(8-10-19)29-24(31)20(23(30)28-25(29)32)13-16-12-17(26)6-11-22(16)34-14-15-4-2-3-5-21(15)27/h2-13H,14H2,1H3,(H,28,30,32)/b20-13+. The second-order valence-corrected chi connectivity index (χ2v) is 8.13. The van der Waals surface area contributed by atoms with E-state index < -0.39 is 23.7 Å². The van der Waals surface area contributed by atoms with E-state index >= 15 is 0 Å². The van der Waals surface area contributed by atoms with Crippen LogP contribution in [0.1, 0.15) is 11.1 Å². The molecule has 3 aromatic carbocycles. The fourth-order valence-electron chi connectivity index (χ4n) is 3.31. The van der Waals surface area contributed by atoms with Crippen molar-refractivity contribution in [1.82, 2.24) is 5.32 Å². The lowest BCUT2D eigenvalue weighted by Crippen LogP contribution is -2.54. The summed E-state index contributed by atoms with van der Waals surface area (Å²) >= 11 is 3.36. The van der Waals surface area contributed by atoms with Gasteiger partial charge in [-0.15, -0.1) is 0 Å². The summed E-state index contributed by atoms with van der Waals surface area (Å²) in [6, 6.07) is 16.6. The first kappa shape index (κ1) is 23.2. The molecule has 4 rings (SSSR count). The molecule has 1 saturated heterocycles. The Morgan fingerprint density at radius 3 is 2.47 bits per heavy atom. The number of carbonyl (C=O) groups excluding carboxylic acids is 3. The summed E-state index contributed by atoms with van der Waals surface area (Å²) in [5, 5.41) is 2.18. The predicted octanol–water partition coefficient (Wildman–Crippen LogP) is 4.84. The van der Waals surface area contributed by atoms with Gasteiger partial charge in [-0.3, -0.25) is 14.9 Å². The molecule has 172 valence electrons. The molecule has 34 heavy (non-hydrogen) atoms. The number of urea groups is 1. The molecule has 0 spiro atoms. The van der Waals surface area contributed by atoms with Gasteiger partial charge in [0.05, 0.1) is 12.8 Å². The van der Waals surface area contributed by atoms with Crippen molar-refractivity contribution in [2.24, 2.45) is 0 Å². The van der Waals surface area contributed by atoms with Crippen molar-refractivity contribution >= 4 is 45.5 Å². The lowest BCUT2D eigenvalue weighted by atomic mass is 10.1. The highest BCUT2D eigenvalue weighted by molar-refractivity contribution is 9.10. The summed E-state index contributed by atoms with van der Waals surface area (Å²) in [5.41, 5.74) is 0.760. The molecular weight excluding hydrogens is 507 g/mol. The molecular formula is C25H18BrFN2O5. The highest BCUT2D eigenvalue weighted by atomic mass is 79.9. The fraction of sp³-hybridized carbons (Fsp3) is 0.0800. The maximum atomic E-state index is 14.0. The molecule has 1 N–H and O–H groups in total. The molecule has 0 aromatic heterocycles. The van der Waals surface area contributed by atoms with Crippen LogP contribution < -0.4 is 19.7 Å². The first-order valence-corrected chi connectivity index (χ1v) is 10.9. The summed E-state index contributed by atoms with van der Waals surface area (Å²) in [7, 11) is 1.50. The van der Waals surface area contributed by atoms with Crippen molar-refractivity contribution in [2.75, 3.05) is 12.0 Å². The molecule has 3 aromatic rings. The number of benzene rings is 3. The third-order valence-electron chi connectivity index (χ3n) is 5.04. The van der Waals surface area contributed by atoms with Crippen molar-refractivity contribution in [2.45, 2.75) is 6.61 Å². The largest absolute Gasteiger partial charge is 0.497 e. The first-order valence-electron chi connectivity index (χ1n) is 10.1. The smallest absolute Gasteiger partial charge is 0.335 e. The van der Waals surface area contributed by atoms with Crippen molar-refractivity contribution in [1.29, 1.82) is 0 Å². The third kappa shape index (κ3) is 4.84. The van der Waals surface area contributed by atoms with E-state index in [1.807, 2.05) is 0 Å². The lowest BCUT2D eigenvalue weighted by molar-refractivity contribution is -0.122. The predicted molar refractivity (Wildman–Crippen MR) is 127 cm³/mol. The lowest BCUT2D eigenvalue weighted by Gasteiger charge is -2.26. The van der Waals surface area contributed by atoms with Crippen LogP contribution in [-0.4, -0.2) is 25.0 Å². The molecule has 1 fully saturated rings. The van der Waals surface area contributed by atoms with Crippen LogP contribution in [0.5, 0.6) is 11.5 Å². The number of nitrogens with zero attached hydrogens (tertiary/aromatic N) is 1. The summed E-state index contributed by atoms with van der Waals surface area (Å²) < 4.78 is 25.5. The maximum absolute atomic E-state index is 14.0. The van der Waals surface area contributed by atoms with Crippen molar-refractivity contribution in [3.05, 3.63) is 93.7 Å². The number of hydrogen-bond acceptors (Lipinski definition) is 5. The molecule has 0 radical (unpaired) electrons. The average molecular weight is 525 g/mol. The minimum Gasteiger partial charge on any atom is -0.497 e. The van der Waals surface area contributed by atoms with E-state index in [0.717, 1.165) is 4.90 Å². The molecule has 1 aliphatic heterocycles. The Labute approximate surface area is 202 Å². The van der Waals surface area contributed by atoms with E-state index in [0.29, 0.717) is 27.1 Å². The fourth-order valence-corrected chi connectivity index (χ4v) is 3.69. The maximum Gasteiger partial charge on any atom is 0.335 e. The SMILES string of the molecule is COc1ccc(N2C(=O)NC(=O)/C(=C\c3cc(Br)ccc3OCc3ccccc3F)C2=O)cc1. The van der Waals surface area contributed by atoms with Gasteiger partial charge in [0.15, 0.2) is 0 Å². The van der Waals surface area contributed by atoms with E-state index in [9.17, 15) is 18.8 Å². The topological polar surface area (TPSA) is 84.9 Å². The van der Waals surface area contributed by atoms with Crippen molar-refractivity contribution in [3.8, 4) is 11.5 Å². The second-order valence-electron chi connectivity index (χ2n) is 7.22. The molecule has 9 heteroatoms. The Morgan fingerprint density at radius 1 is 1.03 bits per heavy atom. The molecule has 4 amide bonds. The Hall–Kier alpha value is -3.98. The number of hydrogen-bond donors (Lipinski definition) is 1. The van der Waals surface area contributed by atoms with E-state index in [-0.39, 0.29) is 17.9 Å². The van der Waals surface area contributed by atoms with Gasteiger partial charge < -0.3 is 9.47 Å². The van der Waals surface area contributed by atoms with Gasteiger partial charge in [0.1, 0.15) is 29.5 Å². The third-order valence-corrected chi connectivity index (χ3v) is 5.54. The van der Waals surface area contributed by atoms with Gasteiger partial charge in [-0.25, -0.2) is 14.1 Å². The van der Waals surface area contributed by atoms with Crippen molar-refractivity contribution in [3.63, 3.8) is 0 Å². The molecule has 0 bridgehead atoms. The monoisotopic (exact) mass is 524 g/mol. The number of nitrogens with one attached hydrogen (secondary N) is 1. The minimum absolute atomic E-state index is 0.0545. The number of carbonyl (C=O) groups is 3. The Morgan fingerprint density at radius 2 is 1.76 bits per heavy atom. The number of imide groups is 2. The van der Waals surface area contributed by atoms with E-state index in [1.54, 1.807) is 48.5 Å². The van der Waals surface area contributed by atoms with E-state index in [1.165, 1.54) is 31.4 Å². The quantitative estimate of drug-likeness (QED) is 0.368. The summed E-state index contributed by atoms with van der Waals surface area (Å²) in [6.45, 7) is -0.0545. The average Bonchev–Trinajstić information content (AvgIpc) is 2.82. The zero-order valence-corrected chi connectivity index (χ0v) is 19.5. The van der Waals surface area contributed by atoms with Gasteiger partial charge in [0.2, 0.25) is 0 Å². The molecule has 0 atom stereocenters. The van der Waals surface area contributed by atoms with Crippen LogP contribution >= 0.6 is 15.9 Å². The molecule has 0 saturated carbocycles. The van der Waals surface area contributed by atoms with Crippen LogP contribution in [0.3, 0.4) is 0 Å². The van der Waals surface area contributed by atoms with E-state index in [2.05, 4.69) is 21.2 Å². The van der Waals surface area contributed by atoms with Crippen LogP contribution in [0.15, 0.2) is 76.8 Å². The Balaban J connectivity index is 1.67. The number of methoxy groups -OCH3 is 1. The molecule has 0 unspecified atom stereocenters. The highest BCUT2D eigenvalue weighted by Gasteiger charge is 2.37. The summed E-state index contributed by atoms with van der Waals surface area (Å²) in [4.78, 5) is 39.0. The first-order chi connectivity index (χ1) is 16.4. The number of barbiturate groups is 1. The second kappa shape index (κ2) is 9.88. The number of rotatable bonds is 6. The molecule has 7 nitrogen and oxygen atoms in total. The number of halogens is 2. The van der Waals surface area contributed by atoms with Crippen molar-refractivity contribution < 1.29 is 28.2 Å². The van der Waals surface area contributed by atoms with Gasteiger partial charge in [-0.2, -0.15) is 0 Å². The zero-order valence-electron chi connectivity index (χ0n) is 17.9. The molecule has 0 aliphatic carbocycles. The zero-order chi connectivity index (χ0) is 24.2. The van der Waals surface area contributed by atoms with Gasteiger partial charge in [0.25, 0.3) is 11.8 Å². The highest BCUT2D eigenvalue weighted by Crippen LogP contribution is 2.29. The Kier molecular flexibility index (Phi) is 6.74. The molecule has 1 aliphatic rings. The van der Waals surface area contributed by atoms with Crippen LogP contribution in [0, 0.1) is 5.82 Å². The van der Waals surface area contributed by atoms with Crippen LogP contribution in [0.2, 0.25) is 0 Å². The number of ether oxygens (including phenoxy) is 2. The number of amides is 4. The van der Waals surface area contributed by atoms with Gasteiger partial charge in [0, 0.05) is 15.6 Å². The summed E-state index contributed by atoms with van der Waals surface area (Å²) in [5.74, 6) is -1.16.